The molecule has 0 saturated heterocycles. The van der Waals surface area contributed by atoms with E-state index in [0.29, 0.717) is 22.1 Å². The number of hydrogen-bond acceptors (Lipinski definition) is 6. The Morgan fingerprint density at radius 2 is 1.83 bits per heavy atom. The first-order chi connectivity index (χ1) is 11.6. The van der Waals surface area contributed by atoms with E-state index in [-0.39, 0.29) is 18.9 Å². The highest BCUT2D eigenvalue weighted by molar-refractivity contribution is 6.30. The number of nitrogens with zero attached hydrogens (tertiary/aromatic N) is 2. The molecule has 124 valence electrons. The van der Waals surface area contributed by atoms with Crippen molar-refractivity contribution >= 4 is 28.2 Å². The van der Waals surface area contributed by atoms with Crippen LogP contribution in [-0.2, 0) is 0 Å². The lowest BCUT2D eigenvalue weighted by Gasteiger charge is -2.13. The van der Waals surface area contributed by atoms with Gasteiger partial charge in [-0.2, -0.15) is 0 Å². The van der Waals surface area contributed by atoms with Gasteiger partial charge in [-0.3, -0.25) is 0 Å². The minimum atomic E-state index is -0.884. The number of aromatic nitrogens is 2. The van der Waals surface area contributed by atoms with Crippen LogP contribution >= 0.6 is 11.6 Å². The summed E-state index contributed by atoms with van der Waals surface area (Å²) in [4.78, 5) is 0. The minimum absolute atomic E-state index is 0.0263. The molecule has 4 N–H and O–H groups in total. The van der Waals surface area contributed by atoms with Crippen LogP contribution in [0.25, 0.3) is 22.0 Å². The smallest absolute Gasteiger partial charge is 0.156 e. The molecule has 7 heteroatoms. The highest BCUT2D eigenvalue weighted by Crippen LogP contribution is 2.35. The first kappa shape index (κ1) is 16.4. The number of aromatic hydroxyl groups is 1. The maximum Gasteiger partial charge on any atom is 0.156 e. The third kappa shape index (κ3) is 3.26. The lowest BCUT2D eigenvalue weighted by molar-refractivity contribution is 0.105. The van der Waals surface area contributed by atoms with Crippen LogP contribution in [0.5, 0.6) is 5.75 Å². The number of fused-ring (bicyclic) bond motifs is 1. The van der Waals surface area contributed by atoms with Crippen molar-refractivity contribution in [2.24, 2.45) is 0 Å². The van der Waals surface area contributed by atoms with Crippen molar-refractivity contribution < 1.29 is 15.3 Å². The van der Waals surface area contributed by atoms with Gasteiger partial charge in [0.15, 0.2) is 5.82 Å². The van der Waals surface area contributed by atoms with Crippen LogP contribution in [-0.4, -0.2) is 44.8 Å². The number of aliphatic hydroxyl groups excluding tert-OH is 2. The molecule has 24 heavy (non-hydrogen) atoms. The molecule has 0 bridgehead atoms. The van der Waals surface area contributed by atoms with Gasteiger partial charge in [-0.05, 0) is 18.2 Å². The molecule has 6 nitrogen and oxygen atoms in total. The van der Waals surface area contributed by atoms with Crippen LogP contribution in [0, 0.1) is 0 Å². The Balaban J connectivity index is 2.08. The Labute approximate surface area is 143 Å². The Hall–Kier alpha value is -2.41. The van der Waals surface area contributed by atoms with Crippen LogP contribution in [0.3, 0.4) is 0 Å². The van der Waals surface area contributed by atoms with E-state index in [0.717, 1.165) is 10.8 Å². The minimum Gasteiger partial charge on any atom is -0.507 e. The lowest BCUT2D eigenvalue weighted by atomic mass is 10.0. The third-order valence-corrected chi connectivity index (χ3v) is 3.85. The molecule has 3 aromatic rings. The molecule has 0 amide bonds. The van der Waals surface area contributed by atoms with Gasteiger partial charge in [0, 0.05) is 27.9 Å². The van der Waals surface area contributed by atoms with Gasteiger partial charge in [-0.15, -0.1) is 10.2 Å². The molecule has 0 saturated carbocycles. The molecule has 0 aliphatic heterocycles. The maximum absolute atomic E-state index is 10.2. The Bertz CT molecular complexity index is 873. The van der Waals surface area contributed by atoms with Gasteiger partial charge in [-0.1, -0.05) is 35.9 Å². The van der Waals surface area contributed by atoms with Gasteiger partial charge in [0.2, 0.25) is 0 Å². The highest BCUT2D eigenvalue weighted by Gasteiger charge is 2.14. The predicted octanol–water partition coefficient (Wildman–Crippen LogP) is 2.42. The van der Waals surface area contributed by atoms with E-state index >= 15 is 0 Å². The molecule has 1 atom stereocenters. The molecule has 3 rings (SSSR count). The molecule has 1 heterocycles. The summed E-state index contributed by atoms with van der Waals surface area (Å²) >= 11 is 5.88. The van der Waals surface area contributed by atoms with Crippen molar-refractivity contribution in [3.05, 3.63) is 47.5 Å². The molecule has 0 radical (unpaired) electrons. The summed E-state index contributed by atoms with van der Waals surface area (Å²) < 4.78 is 0. The van der Waals surface area contributed by atoms with Crippen molar-refractivity contribution in [2.75, 3.05) is 18.5 Å². The van der Waals surface area contributed by atoms with E-state index in [1.807, 2.05) is 24.3 Å². The van der Waals surface area contributed by atoms with Crippen LogP contribution in [0.1, 0.15) is 0 Å². The topological polar surface area (TPSA) is 98.5 Å². The molecule has 0 aliphatic carbocycles. The molecule has 1 aromatic heterocycles. The fraction of sp³-hybridized carbons (Fsp3) is 0.176. The number of nitrogens with one attached hydrogen (secondary N) is 1. The zero-order valence-corrected chi connectivity index (χ0v) is 13.4. The maximum atomic E-state index is 10.2. The number of hydrogen-bond donors (Lipinski definition) is 4. The van der Waals surface area contributed by atoms with Crippen LogP contribution in [0.15, 0.2) is 42.5 Å². The van der Waals surface area contributed by atoms with Gasteiger partial charge < -0.3 is 20.6 Å². The number of rotatable bonds is 5. The first-order valence-corrected chi connectivity index (χ1v) is 7.75. The summed E-state index contributed by atoms with van der Waals surface area (Å²) in [6.45, 7) is -0.185. The zero-order valence-electron chi connectivity index (χ0n) is 12.6. The Kier molecular flexibility index (Phi) is 4.80. The van der Waals surface area contributed by atoms with Gasteiger partial charge in [0.1, 0.15) is 11.4 Å². The van der Waals surface area contributed by atoms with Crippen molar-refractivity contribution in [1.29, 1.82) is 0 Å². The Morgan fingerprint density at radius 1 is 1.08 bits per heavy atom. The van der Waals surface area contributed by atoms with Crippen molar-refractivity contribution in [2.45, 2.75) is 6.10 Å². The monoisotopic (exact) mass is 345 g/mol. The molecular weight excluding hydrogens is 330 g/mol. The second kappa shape index (κ2) is 7.00. The normalized spacial score (nSPS) is 12.3. The van der Waals surface area contributed by atoms with Crippen LogP contribution in [0.2, 0.25) is 5.02 Å². The van der Waals surface area contributed by atoms with E-state index in [4.69, 9.17) is 16.7 Å². The predicted molar refractivity (Wildman–Crippen MR) is 93.2 cm³/mol. The second-order valence-electron chi connectivity index (χ2n) is 5.32. The van der Waals surface area contributed by atoms with E-state index < -0.39 is 6.10 Å². The average Bonchev–Trinajstić information content (AvgIpc) is 2.60. The summed E-state index contributed by atoms with van der Waals surface area (Å²) in [6.07, 6.45) is -0.884. The lowest BCUT2D eigenvalue weighted by Crippen LogP contribution is -2.23. The van der Waals surface area contributed by atoms with Gasteiger partial charge in [0.25, 0.3) is 0 Å². The SMILES string of the molecule is OC[C@@H](O)CNc1nnc(-c2ccc(Cl)cc2O)c2ccccc12. The summed E-state index contributed by atoms with van der Waals surface area (Å²) in [6, 6.07) is 12.3. The van der Waals surface area contributed by atoms with Gasteiger partial charge in [-0.25, -0.2) is 0 Å². The van der Waals surface area contributed by atoms with Crippen LogP contribution in [0.4, 0.5) is 5.82 Å². The van der Waals surface area contributed by atoms with Crippen LogP contribution < -0.4 is 5.32 Å². The van der Waals surface area contributed by atoms with E-state index in [1.54, 1.807) is 12.1 Å². The van der Waals surface area contributed by atoms with E-state index in [1.165, 1.54) is 6.07 Å². The molecule has 0 unspecified atom stereocenters. The second-order valence-corrected chi connectivity index (χ2v) is 5.76. The number of phenols is 1. The van der Waals surface area contributed by atoms with E-state index in [2.05, 4.69) is 15.5 Å². The highest BCUT2D eigenvalue weighted by atomic mass is 35.5. The number of phenolic OH excluding ortho intramolecular Hbond substituents is 1. The standard InChI is InChI=1S/C17H16ClN3O3/c18-10-5-6-14(15(24)7-10)16-12-3-1-2-4-13(12)17(21-20-16)19-8-11(23)9-22/h1-7,11,22-24H,8-9H2,(H,19,21)/t11-/m0/s1. The molecule has 0 spiro atoms. The van der Waals surface area contributed by atoms with Crippen molar-refractivity contribution in [3.8, 4) is 17.0 Å². The molecule has 2 aromatic carbocycles. The summed E-state index contributed by atoms with van der Waals surface area (Å²) in [7, 11) is 0. The molecular formula is C17H16ClN3O3. The number of aliphatic hydroxyl groups is 2. The van der Waals surface area contributed by atoms with Gasteiger partial charge >= 0.3 is 0 Å². The Morgan fingerprint density at radius 3 is 2.54 bits per heavy atom. The number of anilines is 1. The first-order valence-electron chi connectivity index (χ1n) is 7.37. The van der Waals surface area contributed by atoms with Gasteiger partial charge in [0.05, 0.1) is 12.7 Å². The summed E-state index contributed by atoms with van der Waals surface area (Å²) in [5, 5.41) is 41.9. The summed E-state index contributed by atoms with van der Waals surface area (Å²) in [5.41, 5.74) is 1.07. The average molecular weight is 346 g/mol. The molecule has 0 aliphatic rings. The fourth-order valence-electron chi connectivity index (χ4n) is 2.42. The fourth-order valence-corrected chi connectivity index (χ4v) is 2.58. The number of halogens is 1. The summed E-state index contributed by atoms with van der Waals surface area (Å²) in [5.74, 6) is 0.522. The molecule has 0 fully saturated rings. The third-order valence-electron chi connectivity index (χ3n) is 3.62. The zero-order chi connectivity index (χ0) is 17.1. The van der Waals surface area contributed by atoms with Crippen molar-refractivity contribution in [3.63, 3.8) is 0 Å². The van der Waals surface area contributed by atoms with E-state index in [9.17, 15) is 10.2 Å². The van der Waals surface area contributed by atoms with Crippen molar-refractivity contribution in [1.82, 2.24) is 10.2 Å². The number of benzene rings is 2. The quantitative estimate of drug-likeness (QED) is 0.567. The largest absolute Gasteiger partial charge is 0.507 e.